The summed E-state index contributed by atoms with van der Waals surface area (Å²) in [5.74, 6) is -0.523. The maximum atomic E-state index is 14.4. The van der Waals surface area contributed by atoms with E-state index in [0.29, 0.717) is 12.4 Å². The SMILES string of the molecule is CCN(C(=O)c1cccc(F)c1-n1nccn1)[C@@H](C)COc1cnc(C)cn1. The number of amides is 1. The van der Waals surface area contributed by atoms with Gasteiger partial charge in [-0.05, 0) is 32.9 Å². The summed E-state index contributed by atoms with van der Waals surface area (Å²) in [6.07, 6.45) is 6.00. The first-order valence-corrected chi connectivity index (χ1v) is 8.88. The van der Waals surface area contributed by atoms with E-state index in [1.54, 1.807) is 17.2 Å². The second-order valence-electron chi connectivity index (χ2n) is 6.20. The number of halogens is 1. The highest BCUT2D eigenvalue weighted by Crippen LogP contribution is 2.20. The Balaban J connectivity index is 1.80. The Kier molecular flexibility index (Phi) is 5.93. The molecule has 0 aliphatic rings. The normalized spacial score (nSPS) is 11.9. The van der Waals surface area contributed by atoms with Crippen LogP contribution in [-0.4, -0.2) is 55.0 Å². The molecule has 3 aromatic rings. The van der Waals surface area contributed by atoms with Crippen LogP contribution in [0, 0.1) is 12.7 Å². The van der Waals surface area contributed by atoms with Gasteiger partial charge in [-0.2, -0.15) is 10.2 Å². The topological polar surface area (TPSA) is 86.0 Å². The van der Waals surface area contributed by atoms with Gasteiger partial charge in [-0.15, -0.1) is 4.80 Å². The molecule has 0 spiro atoms. The highest BCUT2D eigenvalue weighted by molar-refractivity contribution is 5.98. The zero-order valence-electron chi connectivity index (χ0n) is 15.9. The lowest BCUT2D eigenvalue weighted by Gasteiger charge is -2.28. The first-order valence-electron chi connectivity index (χ1n) is 8.88. The van der Waals surface area contributed by atoms with Crippen LogP contribution in [0.5, 0.6) is 5.88 Å². The number of hydrogen-bond donors (Lipinski definition) is 0. The van der Waals surface area contributed by atoms with Crippen LogP contribution in [0.15, 0.2) is 43.0 Å². The van der Waals surface area contributed by atoms with Gasteiger partial charge in [0.05, 0.1) is 42.1 Å². The van der Waals surface area contributed by atoms with E-state index < -0.39 is 5.82 Å². The predicted octanol–water partition coefficient (Wildman–Crippen LogP) is 2.43. The Morgan fingerprint density at radius 1 is 1.25 bits per heavy atom. The molecular formula is C19H21FN6O2. The molecule has 0 bridgehead atoms. The second kappa shape index (κ2) is 8.55. The van der Waals surface area contributed by atoms with Crippen molar-refractivity contribution >= 4 is 5.91 Å². The number of aryl methyl sites for hydroxylation is 1. The minimum absolute atomic E-state index is 0.0217. The van der Waals surface area contributed by atoms with Crippen molar-refractivity contribution in [3.8, 4) is 11.6 Å². The van der Waals surface area contributed by atoms with Gasteiger partial charge >= 0.3 is 0 Å². The number of carbonyl (C=O) groups is 1. The summed E-state index contributed by atoms with van der Waals surface area (Å²) < 4.78 is 20.1. The molecule has 0 unspecified atom stereocenters. The van der Waals surface area contributed by atoms with E-state index in [4.69, 9.17) is 4.74 Å². The van der Waals surface area contributed by atoms with E-state index in [2.05, 4.69) is 20.2 Å². The monoisotopic (exact) mass is 384 g/mol. The molecule has 9 heteroatoms. The van der Waals surface area contributed by atoms with Crippen LogP contribution >= 0.6 is 0 Å². The Bertz CT molecular complexity index is 930. The van der Waals surface area contributed by atoms with Crippen molar-refractivity contribution in [2.45, 2.75) is 26.8 Å². The number of carbonyl (C=O) groups excluding carboxylic acids is 1. The first kappa shape index (κ1) is 19.4. The smallest absolute Gasteiger partial charge is 0.256 e. The first-order chi connectivity index (χ1) is 13.5. The second-order valence-corrected chi connectivity index (χ2v) is 6.20. The number of nitrogens with zero attached hydrogens (tertiary/aromatic N) is 6. The van der Waals surface area contributed by atoms with Gasteiger partial charge < -0.3 is 9.64 Å². The van der Waals surface area contributed by atoms with Crippen molar-refractivity contribution in [3.63, 3.8) is 0 Å². The van der Waals surface area contributed by atoms with Crippen molar-refractivity contribution in [2.75, 3.05) is 13.2 Å². The summed E-state index contributed by atoms with van der Waals surface area (Å²) in [5, 5.41) is 7.92. The number of benzene rings is 1. The fourth-order valence-electron chi connectivity index (χ4n) is 2.78. The van der Waals surface area contributed by atoms with Crippen molar-refractivity contribution < 1.29 is 13.9 Å². The largest absolute Gasteiger partial charge is 0.474 e. The molecule has 1 aromatic carbocycles. The Labute approximate surface area is 162 Å². The molecule has 146 valence electrons. The average Bonchev–Trinajstić information content (AvgIpc) is 3.22. The van der Waals surface area contributed by atoms with Crippen LogP contribution in [0.4, 0.5) is 4.39 Å². The molecule has 0 radical (unpaired) electrons. The molecule has 2 aromatic heterocycles. The van der Waals surface area contributed by atoms with Gasteiger partial charge in [0.2, 0.25) is 5.88 Å². The molecule has 0 aliphatic carbocycles. The van der Waals surface area contributed by atoms with E-state index in [0.717, 1.165) is 10.5 Å². The van der Waals surface area contributed by atoms with Gasteiger partial charge in [-0.25, -0.2) is 9.37 Å². The third-order valence-electron chi connectivity index (χ3n) is 4.20. The van der Waals surface area contributed by atoms with Crippen LogP contribution < -0.4 is 4.74 Å². The lowest BCUT2D eigenvalue weighted by atomic mass is 10.1. The summed E-state index contributed by atoms with van der Waals surface area (Å²) in [5.41, 5.74) is 0.991. The molecule has 2 heterocycles. The minimum Gasteiger partial charge on any atom is -0.474 e. The number of hydrogen-bond acceptors (Lipinski definition) is 6. The maximum absolute atomic E-state index is 14.4. The third-order valence-corrected chi connectivity index (χ3v) is 4.20. The summed E-state index contributed by atoms with van der Waals surface area (Å²) >= 11 is 0. The minimum atomic E-state index is -0.572. The van der Waals surface area contributed by atoms with E-state index in [9.17, 15) is 9.18 Å². The molecule has 8 nitrogen and oxygen atoms in total. The summed E-state index contributed by atoms with van der Waals surface area (Å²) in [6.45, 7) is 6.19. The van der Waals surface area contributed by atoms with E-state index in [1.807, 2.05) is 20.8 Å². The molecule has 0 aliphatic heterocycles. The van der Waals surface area contributed by atoms with E-state index >= 15 is 0 Å². The summed E-state index contributed by atoms with van der Waals surface area (Å²) in [7, 11) is 0. The molecule has 0 saturated carbocycles. The Morgan fingerprint density at radius 2 is 2.00 bits per heavy atom. The fourth-order valence-corrected chi connectivity index (χ4v) is 2.78. The van der Waals surface area contributed by atoms with Gasteiger partial charge in [0.1, 0.15) is 12.3 Å². The van der Waals surface area contributed by atoms with Gasteiger partial charge in [0.15, 0.2) is 5.82 Å². The maximum Gasteiger partial charge on any atom is 0.256 e. The van der Waals surface area contributed by atoms with Gasteiger partial charge in [0, 0.05) is 6.54 Å². The standard InChI is InChI=1S/C19H21FN6O2/c1-4-25(14(3)12-28-17-11-21-13(2)10-22-17)19(27)15-6-5-7-16(20)18(15)26-23-8-9-24-26/h5-11,14H,4,12H2,1-3H3/t14-/m0/s1. The molecule has 1 amide bonds. The van der Waals surface area contributed by atoms with Crippen LogP contribution in [0.1, 0.15) is 29.9 Å². The van der Waals surface area contributed by atoms with Crippen molar-refractivity contribution in [1.29, 1.82) is 0 Å². The van der Waals surface area contributed by atoms with Crippen LogP contribution in [0.3, 0.4) is 0 Å². The Hall–Kier alpha value is -3.36. The Morgan fingerprint density at radius 3 is 2.64 bits per heavy atom. The fraction of sp³-hybridized carbons (Fsp3) is 0.316. The molecule has 0 saturated heterocycles. The van der Waals surface area contributed by atoms with Crippen LogP contribution in [-0.2, 0) is 0 Å². The van der Waals surface area contributed by atoms with E-state index in [1.165, 1.54) is 30.7 Å². The highest BCUT2D eigenvalue weighted by atomic mass is 19.1. The van der Waals surface area contributed by atoms with Gasteiger partial charge in [-0.3, -0.25) is 9.78 Å². The molecule has 1 atom stereocenters. The zero-order chi connectivity index (χ0) is 20.1. The third kappa shape index (κ3) is 4.13. The lowest BCUT2D eigenvalue weighted by molar-refractivity contribution is 0.0645. The molecule has 0 N–H and O–H groups in total. The predicted molar refractivity (Wildman–Crippen MR) is 99.8 cm³/mol. The number of rotatable bonds is 7. The zero-order valence-corrected chi connectivity index (χ0v) is 15.9. The average molecular weight is 384 g/mol. The van der Waals surface area contributed by atoms with Crippen molar-refractivity contribution in [2.24, 2.45) is 0 Å². The summed E-state index contributed by atoms with van der Waals surface area (Å²) in [4.78, 5) is 24.1. The van der Waals surface area contributed by atoms with Crippen LogP contribution in [0.25, 0.3) is 5.69 Å². The molecule has 3 rings (SSSR count). The lowest BCUT2D eigenvalue weighted by Crippen LogP contribution is -2.42. The number of ether oxygens (including phenoxy) is 1. The quantitative estimate of drug-likeness (QED) is 0.622. The van der Waals surface area contributed by atoms with Gasteiger partial charge in [0.25, 0.3) is 5.91 Å². The molecule has 28 heavy (non-hydrogen) atoms. The summed E-state index contributed by atoms with van der Waals surface area (Å²) in [6, 6.07) is 4.05. The molecule has 0 fully saturated rings. The van der Waals surface area contributed by atoms with Gasteiger partial charge in [-0.1, -0.05) is 6.07 Å². The number of para-hydroxylation sites is 1. The van der Waals surface area contributed by atoms with E-state index in [-0.39, 0.29) is 29.8 Å². The number of aromatic nitrogens is 5. The van der Waals surface area contributed by atoms with Crippen molar-refractivity contribution in [1.82, 2.24) is 29.9 Å². The van der Waals surface area contributed by atoms with Crippen LogP contribution in [0.2, 0.25) is 0 Å². The highest BCUT2D eigenvalue weighted by Gasteiger charge is 2.25. The molecular weight excluding hydrogens is 363 g/mol. The van der Waals surface area contributed by atoms with Crippen molar-refractivity contribution in [3.05, 3.63) is 60.1 Å². The number of likely N-dealkylation sites (N-methyl/N-ethyl adjacent to an activating group) is 1.